The molecule has 0 aliphatic rings. The maximum atomic E-state index is 10.1. The van der Waals surface area contributed by atoms with Crippen LogP contribution in [0.3, 0.4) is 0 Å². The number of imidazole rings is 1. The Bertz CT molecular complexity index is 774. The molecule has 0 fully saturated rings. The molecule has 1 aromatic heterocycles. The summed E-state index contributed by atoms with van der Waals surface area (Å²) in [7, 11) is 0. The molecule has 0 saturated heterocycles. The lowest BCUT2D eigenvalue weighted by atomic mass is 10.2. The minimum Gasteiger partial charge on any atom is -0.491 e. The minimum atomic E-state index is -0.558. The smallest absolute Gasteiger partial charge is 0.172 e. The summed E-state index contributed by atoms with van der Waals surface area (Å²) >= 11 is 1.52. The molecule has 0 amide bonds. The monoisotopic (exact) mass is 340 g/mol. The van der Waals surface area contributed by atoms with E-state index < -0.39 is 6.10 Å². The number of para-hydroxylation sites is 2. The van der Waals surface area contributed by atoms with Crippen LogP contribution in [0.4, 0.5) is 0 Å². The van der Waals surface area contributed by atoms with Crippen molar-refractivity contribution in [3.05, 3.63) is 72.6 Å². The average Bonchev–Trinajstić information content (AvgIpc) is 3.08. The summed E-state index contributed by atoms with van der Waals surface area (Å²) in [5.41, 5.74) is 2.29. The van der Waals surface area contributed by atoms with E-state index in [-0.39, 0.29) is 6.61 Å². The molecule has 3 rings (SSSR count). The Morgan fingerprint density at radius 1 is 1.12 bits per heavy atom. The molecule has 1 N–H and O–H groups in total. The van der Waals surface area contributed by atoms with Gasteiger partial charge in [0.1, 0.15) is 12.4 Å². The van der Waals surface area contributed by atoms with Crippen LogP contribution in [0.25, 0.3) is 5.69 Å². The molecule has 1 heterocycles. The van der Waals surface area contributed by atoms with Crippen molar-refractivity contribution in [2.24, 2.45) is 0 Å². The molecule has 3 aromatic rings. The maximum absolute atomic E-state index is 10.1. The van der Waals surface area contributed by atoms with Gasteiger partial charge in [0, 0.05) is 18.1 Å². The number of aliphatic hydroxyl groups is 1. The van der Waals surface area contributed by atoms with Crippen LogP contribution in [0.2, 0.25) is 0 Å². The molecule has 24 heavy (non-hydrogen) atoms. The SMILES string of the molecule is Cc1ccccc1-n1ccnc1SC[C@H](O)COc1ccccc1. The molecule has 0 saturated carbocycles. The molecule has 124 valence electrons. The fourth-order valence-electron chi connectivity index (χ4n) is 2.34. The van der Waals surface area contributed by atoms with E-state index in [1.807, 2.05) is 53.2 Å². The van der Waals surface area contributed by atoms with Crippen molar-refractivity contribution in [1.82, 2.24) is 9.55 Å². The average molecular weight is 340 g/mol. The summed E-state index contributed by atoms with van der Waals surface area (Å²) in [5.74, 6) is 1.29. The van der Waals surface area contributed by atoms with E-state index in [9.17, 15) is 5.11 Å². The number of benzene rings is 2. The first-order chi connectivity index (χ1) is 11.7. The first-order valence-corrected chi connectivity index (χ1v) is 8.80. The van der Waals surface area contributed by atoms with Crippen LogP contribution < -0.4 is 4.74 Å². The summed E-state index contributed by atoms with van der Waals surface area (Å²) < 4.78 is 7.63. The third-order valence-electron chi connectivity index (χ3n) is 3.57. The van der Waals surface area contributed by atoms with Crippen LogP contribution in [-0.4, -0.2) is 33.1 Å². The van der Waals surface area contributed by atoms with Crippen LogP contribution in [-0.2, 0) is 0 Å². The van der Waals surface area contributed by atoms with Crippen LogP contribution in [0.1, 0.15) is 5.56 Å². The van der Waals surface area contributed by atoms with Crippen molar-refractivity contribution in [2.75, 3.05) is 12.4 Å². The third kappa shape index (κ3) is 4.19. The maximum Gasteiger partial charge on any atom is 0.172 e. The number of ether oxygens (including phenoxy) is 1. The molecule has 0 aliphatic carbocycles. The van der Waals surface area contributed by atoms with Gasteiger partial charge in [-0.3, -0.25) is 4.57 Å². The predicted octanol–water partition coefficient (Wildman–Crippen LogP) is 3.71. The Morgan fingerprint density at radius 3 is 2.67 bits per heavy atom. The van der Waals surface area contributed by atoms with Crippen LogP contribution in [0.5, 0.6) is 5.75 Å². The largest absolute Gasteiger partial charge is 0.491 e. The zero-order valence-electron chi connectivity index (χ0n) is 13.5. The third-order valence-corrected chi connectivity index (χ3v) is 4.68. The fourth-order valence-corrected chi connectivity index (χ4v) is 3.21. The molecular formula is C19H20N2O2S. The van der Waals surface area contributed by atoms with Gasteiger partial charge in [0.15, 0.2) is 5.16 Å². The van der Waals surface area contributed by atoms with Crippen molar-refractivity contribution < 1.29 is 9.84 Å². The van der Waals surface area contributed by atoms with Gasteiger partial charge in [-0.25, -0.2) is 4.98 Å². The van der Waals surface area contributed by atoms with E-state index in [4.69, 9.17) is 4.74 Å². The highest BCUT2D eigenvalue weighted by molar-refractivity contribution is 7.99. The van der Waals surface area contributed by atoms with Crippen molar-refractivity contribution >= 4 is 11.8 Å². The second-order valence-corrected chi connectivity index (χ2v) is 6.44. The lowest BCUT2D eigenvalue weighted by Gasteiger charge is -2.13. The molecule has 4 nitrogen and oxygen atoms in total. The van der Waals surface area contributed by atoms with Crippen LogP contribution in [0.15, 0.2) is 72.1 Å². The Hall–Kier alpha value is -2.24. The fraction of sp³-hybridized carbons (Fsp3) is 0.211. The van der Waals surface area contributed by atoms with Gasteiger partial charge in [-0.1, -0.05) is 48.2 Å². The molecule has 5 heteroatoms. The zero-order valence-corrected chi connectivity index (χ0v) is 14.3. The van der Waals surface area contributed by atoms with Gasteiger partial charge < -0.3 is 9.84 Å². The Kier molecular flexibility index (Phi) is 5.56. The van der Waals surface area contributed by atoms with Gasteiger partial charge in [-0.15, -0.1) is 0 Å². The van der Waals surface area contributed by atoms with E-state index in [1.165, 1.54) is 17.3 Å². The van der Waals surface area contributed by atoms with Gasteiger partial charge in [0.2, 0.25) is 0 Å². The first-order valence-electron chi connectivity index (χ1n) is 7.82. The Balaban J connectivity index is 1.58. The Morgan fingerprint density at radius 2 is 1.88 bits per heavy atom. The number of nitrogens with zero attached hydrogens (tertiary/aromatic N) is 2. The van der Waals surface area contributed by atoms with Crippen molar-refractivity contribution in [3.63, 3.8) is 0 Å². The standard InChI is InChI=1S/C19H20N2O2S/c1-15-7-5-6-10-18(15)21-12-11-20-19(21)24-14-16(22)13-23-17-8-3-2-4-9-17/h2-12,16,22H,13-14H2,1H3/t16-/m1/s1. The van der Waals surface area contributed by atoms with Gasteiger partial charge in [0.25, 0.3) is 0 Å². The number of aliphatic hydroxyl groups excluding tert-OH is 1. The number of hydrogen-bond donors (Lipinski definition) is 1. The molecule has 1 atom stereocenters. The molecule has 0 aliphatic heterocycles. The summed E-state index contributed by atoms with van der Waals surface area (Å²) in [5, 5.41) is 11.0. The lowest BCUT2D eigenvalue weighted by molar-refractivity contribution is 0.126. The normalized spacial score (nSPS) is 12.1. The molecule has 2 aromatic carbocycles. The summed E-state index contributed by atoms with van der Waals surface area (Å²) in [4.78, 5) is 4.40. The van der Waals surface area contributed by atoms with Crippen LogP contribution in [0, 0.1) is 6.92 Å². The van der Waals surface area contributed by atoms with Gasteiger partial charge >= 0.3 is 0 Å². The predicted molar refractivity (Wildman–Crippen MR) is 97.0 cm³/mol. The van der Waals surface area contributed by atoms with Gasteiger partial charge in [-0.05, 0) is 30.7 Å². The topological polar surface area (TPSA) is 47.3 Å². The second kappa shape index (κ2) is 8.04. The summed E-state index contributed by atoms with van der Waals surface area (Å²) in [6.07, 6.45) is 3.16. The summed E-state index contributed by atoms with van der Waals surface area (Å²) in [6, 6.07) is 17.7. The molecule has 0 radical (unpaired) electrons. The molecule has 0 unspecified atom stereocenters. The Labute approximate surface area is 146 Å². The highest BCUT2D eigenvalue weighted by Gasteiger charge is 2.11. The lowest BCUT2D eigenvalue weighted by Crippen LogP contribution is -2.20. The minimum absolute atomic E-state index is 0.266. The van der Waals surface area contributed by atoms with Gasteiger partial charge in [-0.2, -0.15) is 0 Å². The van der Waals surface area contributed by atoms with Crippen molar-refractivity contribution in [3.8, 4) is 11.4 Å². The number of thioether (sulfide) groups is 1. The van der Waals surface area contributed by atoms with E-state index in [0.29, 0.717) is 5.75 Å². The first kappa shape index (κ1) is 16.6. The van der Waals surface area contributed by atoms with Crippen LogP contribution >= 0.6 is 11.8 Å². The van der Waals surface area contributed by atoms with E-state index in [0.717, 1.165) is 16.6 Å². The summed E-state index contributed by atoms with van der Waals surface area (Å²) in [6.45, 7) is 2.34. The van der Waals surface area contributed by atoms with Crippen molar-refractivity contribution in [1.29, 1.82) is 0 Å². The van der Waals surface area contributed by atoms with E-state index in [2.05, 4.69) is 24.0 Å². The highest BCUT2D eigenvalue weighted by Crippen LogP contribution is 2.23. The number of aromatic nitrogens is 2. The molecule has 0 spiro atoms. The van der Waals surface area contributed by atoms with E-state index in [1.54, 1.807) is 6.20 Å². The number of aryl methyl sites for hydroxylation is 1. The number of hydrogen-bond acceptors (Lipinski definition) is 4. The quantitative estimate of drug-likeness (QED) is 0.666. The zero-order chi connectivity index (χ0) is 16.8. The van der Waals surface area contributed by atoms with Gasteiger partial charge in [0.05, 0.1) is 11.8 Å². The highest BCUT2D eigenvalue weighted by atomic mass is 32.2. The number of rotatable bonds is 7. The second-order valence-electron chi connectivity index (χ2n) is 5.46. The molecular weight excluding hydrogens is 320 g/mol. The molecule has 0 bridgehead atoms. The van der Waals surface area contributed by atoms with Crippen molar-refractivity contribution in [2.45, 2.75) is 18.2 Å². The van der Waals surface area contributed by atoms with E-state index >= 15 is 0 Å².